The van der Waals surface area contributed by atoms with E-state index in [0.29, 0.717) is 41.1 Å². The smallest absolute Gasteiger partial charge is 0.252 e. The highest BCUT2D eigenvalue weighted by molar-refractivity contribution is 6.08. The van der Waals surface area contributed by atoms with E-state index < -0.39 is 5.91 Å². The summed E-state index contributed by atoms with van der Waals surface area (Å²) in [5.74, 6) is 0.672. The highest BCUT2D eigenvalue weighted by Gasteiger charge is 2.18. The van der Waals surface area contributed by atoms with Crippen molar-refractivity contribution in [3.8, 4) is 11.5 Å². The molecule has 5 N–H and O–H groups in total. The van der Waals surface area contributed by atoms with E-state index in [1.807, 2.05) is 25.1 Å². The van der Waals surface area contributed by atoms with Crippen LogP contribution in [0.1, 0.15) is 28.4 Å². The number of tetrazole rings is 1. The van der Waals surface area contributed by atoms with Crippen LogP contribution in [0, 0.1) is 0 Å². The van der Waals surface area contributed by atoms with Crippen molar-refractivity contribution in [2.75, 3.05) is 25.3 Å². The summed E-state index contributed by atoms with van der Waals surface area (Å²) in [7, 11) is 3.10. The third-order valence-corrected chi connectivity index (χ3v) is 5.40. The first kappa shape index (κ1) is 21.8. The summed E-state index contributed by atoms with van der Waals surface area (Å²) in [5.41, 5.74) is 15.7. The van der Waals surface area contributed by atoms with E-state index in [-0.39, 0.29) is 11.5 Å². The molecule has 0 aliphatic heterocycles. The van der Waals surface area contributed by atoms with Crippen LogP contribution in [0.15, 0.2) is 36.5 Å². The lowest BCUT2D eigenvalue weighted by Crippen LogP contribution is -2.15. The van der Waals surface area contributed by atoms with Crippen molar-refractivity contribution in [3.05, 3.63) is 53.2 Å². The van der Waals surface area contributed by atoms with Gasteiger partial charge in [-0.05, 0) is 40.1 Å². The fraction of sp³-hybridized carbons (Fsp3) is 0.227. The number of nitrogens with zero attached hydrogens (tertiary/aromatic N) is 5. The van der Waals surface area contributed by atoms with Gasteiger partial charge in [0.2, 0.25) is 5.95 Å². The maximum atomic E-state index is 12.3. The van der Waals surface area contributed by atoms with Gasteiger partial charge in [0.05, 0.1) is 37.5 Å². The number of pyridine rings is 1. The molecule has 1 amide bonds. The summed E-state index contributed by atoms with van der Waals surface area (Å²) >= 11 is 0. The Bertz CT molecular complexity index is 1330. The summed E-state index contributed by atoms with van der Waals surface area (Å²) in [4.78, 5) is 16.6. The standard InChI is InChI=1S/C22H24N8O3/c1-4-13-12(11-30-22(24)27-28-29-30)6-5-7-16(13)26-20-14-8-18(32-2)19(33-3)9-17(14)25-10-15(20)21(23)31/h5-10H,4,11H2,1-3H3,(H2,23,31)(H,25,26)(H2,24,27,29). The van der Waals surface area contributed by atoms with Gasteiger partial charge in [-0.3, -0.25) is 9.78 Å². The zero-order valence-corrected chi connectivity index (χ0v) is 18.5. The number of hydrogen-bond acceptors (Lipinski definition) is 9. The molecule has 0 fully saturated rings. The summed E-state index contributed by atoms with van der Waals surface area (Å²) in [6.45, 7) is 2.45. The molecule has 2 heterocycles. The van der Waals surface area contributed by atoms with Crippen LogP contribution in [0.2, 0.25) is 0 Å². The van der Waals surface area contributed by atoms with Gasteiger partial charge in [0.15, 0.2) is 11.5 Å². The van der Waals surface area contributed by atoms with Crippen LogP contribution in [0.25, 0.3) is 10.9 Å². The number of anilines is 3. The van der Waals surface area contributed by atoms with Crippen molar-refractivity contribution in [1.82, 2.24) is 25.2 Å². The minimum atomic E-state index is -0.600. The Labute approximate surface area is 189 Å². The predicted octanol–water partition coefficient (Wildman–Crippen LogP) is 2.27. The van der Waals surface area contributed by atoms with Crippen LogP contribution >= 0.6 is 0 Å². The van der Waals surface area contributed by atoms with Crippen LogP contribution in [0.3, 0.4) is 0 Å². The number of nitrogens with one attached hydrogen (secondary N) is 1. The summed E-state index contributed by atoms with van der Waals surface area (Å²) in [6.07, 6.45) is 2.17. The first-order valence-corrected chi connectivity index (χ1v) is 10.2. The molecular formula is C22H24N8O3. The van der Waals surface area contributed by atoms with Crippen molar-refractivity contribution in [1.29, 1.82) is 0 Å². The summed E-state index contributed by atoms with van der Waals surface area (Å²) in [6, 6.07) is 9.35. The Kier molecular flexibility index (Phi) is 5.94. The molecule has 0 saturated heterocycles. The van der Waals surface area contributed by atoms with E-state index in [2.05, 4.69) is 25.8 Å². The lowest BCUT2D eigenvalue weighted by molar-refractivity contribution is 0.100. The molecule has 0 spiro atoms. The largest absolute Gasteiger partial charge is 0.493 e. The van der Waals surface area contributed by atoms with E-state index in [4.69, 9.17) is 20.9 Å². The number of benzene rings is 2. The van der Waals surface area contributed by atoms with Gasteiger partial charge in [-0.2, -0.15) is 0 Å². The normalized spacial score (nSPS) is 10.9. The highest BCUT2D eigenvalue weighted by Crippen LogP contribution is 2.38. The molecule has 2 aromatic heterocycles. The van der Waals surface area contributed by atoms with Crippen LogP contribution in [0.5, 0.6) is 11.5 Å². The summed E-state index contributed by atoms with van der Waals surface area (Å²) < 4.78 is 12.4. The molecule has 2 aromatic carbocycles. The Balaban J connectivity index is 1.86. The first-order chi connectivity index (χ1) is 16.0. The molecule has 0 aliphatic carbocycles. The lowest BCUT2D eigenvalue weighted by Gasteiger charge is -2.19. The fourth-order valence-electron chi connectivity index (χ4n) is 3.78. The molecule has 11 nitrogen and oxygen atoms in total. The molecule has 0 aliphatic rings. The zero-order chi connectivity index (χ0) is 23.5. The number of ether oxygens (including phenoxy) is 2. The Morgan fingerprint density at radius 3 is 2.58 bits per heavy atom. The number of rotatable bonds is 8. The van der Waals surface area contributed by atoms with Gasteiger partial charge >= 0.3 is 0 Å². The molecule has 0 unspecified atom stereocenters. The van der Waals surface area contributed by atoms with E-state index >= 15 is 0 Å². The molecule has 4 aromatic rings. The van der Waals surface area contributed by atoms with Crippen LogP contribution in [-0.2, 0) is 13.0 Å². The minimum absolute atomic E-state index is 0.229. The van der Waals surface area contributed by atoms with Gasteiger partial charge in [-0.1, -0.05) is 24.2 Å². The number of carbonyl (C=O) groups excluding carboxylic acids is 1. The molecule has 0 radical (unpaired) electrons. The van der Waals surface area contributed by atoms with Gasteiger partial charge in [0.1, 0.15) is 0 Å². The molecule has 4 rings (SSSR count). The van der Waals surface area contributed by atoms with Crippen molar-refractivity contribution in [3.63, 3.8) is 0 Å². The topological polar surface area (TPSA) is 156 Å². The van der Waals surface area contributed by atoms with Crippen LogP contribution in [-0.4, -0.2) is 45.3 Å². The lowest BCUT2D eigenvalue weighted by atomic mass is 10.0. The molecule has 0 atom stereocenters. The average Bonchev–Trinajstić information content (AvgIpc) is 3.22. The van der Waals surface area contributed by atoms with Crippen molar-refractivity contribution < 1.29 is 14.3 Å². The number of methoxy groups -OCH3 is 2. The van der Waals surface area contributed by atoms with Gasteiger partial charge in [-0.25, -0.2) is 4.68 Å². The Morgan fingerprint density at radius 2 is 1.94 bits per heavy atom. The number of fused-ring (bicyclic) bond motifs is 1. The van der Waals surface area contributed by atoms with E-state index in [1.54, 1.807) is 26.4 Å². The quantitative estimate of drug-likeness (QED) is 0.368. The average molecular weight is 448 g/mol. The monoisotopic (exact) mass is 448 g/mol. The number of hydrogen-bond donors (Lipinski definition) is 3. The van der Waals surface area contributed by atoms with Crippen LogP contribution < -0.4 is 26.3 Å². The van der Waals surface area contributed by atoms with Gasteiger partial charge in [0, 0.05) is 23.3 Å². The van der Waals surface area contributed by atoms with Crippen molar-refractivity contribution in [2.45, 2.75) is 19.9 Å². The molecule has 0 saturated carbocycles. The maximum Gasteiger partial charge on any atom is 0.252 e. The minimum Gasteiger partial charge on any atom is -0.493 e. The number of nitrogens with two attached hydrogens (primary N) is 2. The molecular weight excluding hydrogens is 424 g/mol. The van der Waals surface area contributed by atoms with E-state index in [9.17, 15) is 4.79 Å². The van der Waals surface area contributed by atoms with Crippen molar-refractivity contribution in [2.24, 2.45) is 5.73 Å². The first-order valence-electron chi connectivity index (χ1n) is 10.2. The third kappa shape index (κ3) is 4.07. The van der Waals surface area contributed by atoms with E-state index in [1.165, 1.54) is 10.9 Å². The Morgan fingerprint density at radius 1 is 1.18 bits per heavy atom. The third-order valence-electron chi connectivity index (χ3n) is 5.40. The second kappa shape index (κ2) is 8.99. The number of aromatic nitrogens is 5. The molecule has 11 heteroatoms. The number of nitrogen functional groups attached to an aromatic ring is 1. The molecule has 170 valence electrons. The number of carbonyl (C=O) groups is 1. The maximum absolute atomic E-state index is 12.3. The molecule has 33 heavy (non-hydrogen) atoms. The predicted molar refractivity (Wildman–Crippen MR) is 124 cm³/mol. The SMILES string of the molecule is CCc1c(Cn2nnnc2N)cccc1Nc1c(C(N)=O)cnc2cc(OC)c(OC)cc12. The number of amides is 1. The highest BCUT2D eigenvalue weighted by atomic mass is 16.5. The summed E-state index contributed by atoms with van der Waals surface area (Å²) in [5, 5.41) is 15.3. The van der Waals surface area contributed by atoms with Gasteiger partial charge < -0.3 is 26.3 Å². The van der Waals surface area contributed by atoms with E-state index in [0.717, 1.165) is 16.8 Å². The van der Waals surface area contributed by atoms with Gasteiger partial charge in [0.25, 0.3) is 5.91 Å². The van der Waals surface area contributed by atoms with Crippen molar-refractivity contribution >= 4 is 34.1 Å². The number of primary amides is 1. The van der Waals surface area contributed by atoms with Gasteiger partial charge in [-0.15, -0.1) is 0 Å². The second-order valence-corrected chi connectivity index (χ2v) is 7.25. The second-order valence-electron chi connectivity index (χ2n) is 7.25. The van der Waals surface area contributed by atoms with Crippen LogP contribution in [0.4, 0.5) is 17.3 Å². The molecule has 0 bridgehead atoms. The fourth-order valence-corrected chi connectivity index (χ4v) is 3.78. The Hall–Kier alpha value is -4.41. The zero-order valence-electron chi connectivity index (χ0n) is 18.5.